The van der Waals surface area contributed by atoms with Gasteiger partial charge in [-0.05, 0) is 18.2 Å². The average Bonchev–Trinajstić information content (AvgIpc) is 2.36. The van der Waals surface area contributed by atoms with Crippen LogP contribution in [0.5, 0.6) is 0 Å². The molecule has 0 aliphatic rings. The minimum atomic E-state index is -0.363. The van der Waals surface area contributed by atoms with E-state index in [1.54, 1.807) is 24.3 Å². The van der Waals surface area contributed by atoms with E-state index in [9.17, 15) is 4.79 Å². The lowest BCUT2D eigenvalue weighted by Gasteiger charge is -2.07. The molecule has 0 heterocycles. The molecule has 0 radical (unpaired) electrons. The topological polar surface area (TPSA) is 50.4 Å². The van der Waals surface area contributed by atoms with E-state index in [1.165, 1.54) is 0 Å². The molecule has 0 fully saturated rings. The van der Waals surface area contributed by atoms with E-state index in [2.05, 4.69) is 17.4 Å². The van der Waals surface area contributed by atoms with Crippen molar-refractivity contribution in [3.8, 4) is 0 Å². The fraction of sp³-hybridized carbons (Fsp3) is 0.250. The SMILES string of the molecule is C=CCNCCC(=O)ONc1ccc(Cl)c(Cl)c1. The third-order valence-electron chi connectivity index (χ3n) is 2.00. The largest absolute Gasteiger partial charge is 0.343 e. The van der Waals surface area contributed by atoms with Crippen LogP contribution in [0.4, 0.5) is 5.69 Å². The zero-order chi connectivity index (χ0) is 13.4. The van der Waals surface area contributed by atoms with Crippen LogP contribution in [0.15, 0.2) is 30.9 Å². The van der Waals surface area contributed by atoms with Crippen LogP contribution in [-0.2, 0) is 9.63 Å². The van der Waals surface area contributed by atoms with Crippen LogP contribution < -0.4 is 10.8 Å². The van der Waals surface area contributed by atoms with Gasteiger partial charge in [-0.3, -0.25) is 0 Å². The normalized spacial score (nSPS) is 9.89. The number of benzene rings is 1. The highest BCUT2D eigenvalue weighted by atomic mass is 35.5. The van der Waals surface area contributed by atoms with Crippen LogP contribution in [0.25, 0.3) is 0 Å². The Bertz CT molecular complexity index is 425. The minimum absolute atomic E-state index is 0.266. The van der Waals surface area contributed by atoms with Crippen molar-refractivity contribution in [2.24, 2.45) is 0 Å². The summed E-state index contributed by atoms with van der Waals surface area (Å²) in [6.45, 7) is 4.75. The van der Waals surface area contributed by atoms with Crippen LogP contribution in [0.2, 0.25) is 10.0 Å². The Hall–Kier alpha value is -1.23. The molecule has 0 bridgehead atoms. The van der Waals surface area contributed by atoms with Crippen molar-refractivity contribution >= 4 is 34.9 Å². The van der Waals surface area contributed by atoms with Gasteiger partial charge in [0.25, 0.3) is 0 Å². The number of carbonyl (C=O) groups is 1. The predicted octanol–water partition coefficient (Wildman–Crippen LogP) is 3.03. The lowest BCUT2D eigenvalue weighted by molar-refractivity contribution is -0.140. The number of hydrogen-bond donors (Lipinski definition) is 2. The van der Waals surface area contributed by atoms with Crippen LogP contribution in [0.1, 0.15) is 6.42 Å². The predicted molar refractivity (Wildman–Crippen MR) is 73.9 cm³/mol. The van der Waals surface area contributed by atoms with Crippen molar-refractivity contribution in [1.29, 1.82) is 0 Å². The van der Waals surface area contributed by atoms with Gasteiger partial charge in [-0.15, -0.1) is 6.58 Å². The van der Waals surface area contributed by atoms with E-state index < -0.39 is 0 Å². The fourth-order valence-corrected chi connectivity index (χ4v) is 1.42. The Morgan fingerprint density at radius 2 is 2.17 bits per heavy atom. The highest BCUT2D eigenvalue weighted by molar-refractivity contribution is 6.42. The Morgan fingerprint density at radius 1 is 1.39 bits per heavy atom. The summed E-state index contributed by atoms with van der Waals surface area (Å²) in [6, 6.07) is 4.86. The summed E-state index contributed by atoms with van der Waals surface area (Å²) in [5, 5.41) is 3.84. The minimum Gasteiger partial charge on any atom is -0.343 e. The quantitative estimate of drug-likeness (QED) is 0.460. The van der Waals surface area contributed by atoms with Gasteiger partial charge in [0.15, 0.2) is 0 Å². The molecular weight excluding hydrogens is 275 g/mol. The Balaban J connectivity index is 2.29. The first-order valence-electron chi connectivity index (χ1n) is 5.36. The number of carbonyl (C=O) groups excluding carboxylic acids is 1. The van der Waals surface area contributed by atoms with Gasteiger partial charge in [0, 0.05) is 13.1 Å². The van der Waals surface area contributed by atoms with E-state index in [0.717, 1.165) is 0 Å². The van der Waals surface area contributed by atoms with Gasteiger partial charge in [-0.2, -0.15) is 0 Å². The van der Waals surface area contributed by atoms with E-state index in [1.807, 2.05) is 0 Å². The Labute approximate surface area is 116 Å². The molecule has 0 aromatic heterocycles. The summed E-state index contributed by atoms with van der Waals surface area (Å²) in [7, 11) is 0. The fourth-order valence-electron chi connectivity index (χ4n) is 1.12. The Morgan fingerprint density at radius 3 is 2.83 bits per heavy atom. The summed E-state index contributed by atoms with van der Waals surface area (Å²) >= 11 is 11.6. The lowest BCUT2D eigenvalue weighted by Crippen LogP contribution is -2.20. The standard InChI is InChI=1S/C12H14Cl2N2O2/c1-2-6-15-7-5-12(17)18-16-9-3-4-10(13)11(14)8-9/h2-4,8,15-16H,1,5-7H2. The van der Waals surface area contributed by atoms with Crippen molar-refractivity contribution in [3.63, 3.8) is 0 Å². The summed E-state index contributed by atoms with van der Waals surface area (Å²) in [5.74, 6) is -0.363. The zero-order valence-electron chi connectivity index (χ0n) is 9.71. The van der Waals surface area contributed by atoms with Gasteiger partial charge in [0.05, 0.1) is 22.2 Å². The molecule has 1 aromatic carbocycles. The molecule has 2 N–H and O–H groups in total. The van der Waals surface area contributed by atoms with E-state index in [0.29, 0.717) is 28.8 Å². The molecule has 0 saturated heterocycles. The number of rotatable bonds is 7. The summed E-state index contributed by atoms with van der Waals surface area (Å²) < 4.78 is 0. The molecule has 1 rings (SSSR count). The van der Waals surface area contributed by atoms with E-state index >= 15 is 0 Å². The van der Waals surface area contributed by atoms with Crippen LogP contribution in [0.3, 0.4) is 0 Å². The molecule has 4 nitrogen and oxygen atoms in total. The molecule has 0 saturated carbocycles. The molecule has 18 heavy (non-hydrogen) atoms. The lowest BCUT2D eigenvalue weighted by atomic mass is 10.3. The molecule has 0 amide bonds. The first kappa shape index (κ1) is 14.8. The first-order chi connectivity index (χ1) is 8.63. The Kier molecular flexibility index (Phi) is 6.57. The van der Waals surface area contributed by atoms with Crippen molar-refractivity contribution in [3.05, 3.63) is 40.9 Å². The first-order valence-corrected chi connectivity index (χ1v) is 6.11. The van der Waals surface area contributed by atoms with Gasteiger partial charge < -0.3 is 10.2 Å². The summed E-state index contributed by atoms with van der Waals surface area (Å²) in [4.78, 5) is 16.2. The zero-order valence-corrected chi connectivity index (χ0v) is 11.2. The molecule has 0 atom stereocenters. The van der Waals surface area contributed by atoms with Crippen molar-refractivity contribution in [2.75, 3.05) is 18.6 Å². The third-order valence-corrected chi connectivity index (χ3v) is 2.74. The van der Waals surface area contributed by atoms with Crippen LogP contribution in [-0.4, -0.2) is 19.1 Å². The molecule has 0 unspecified atom stereocenters. The second-order valence-electron chi connectivity index (χ2n) is 3.45. The number of halogens is 2. The molecular formula is C12H14Cl2N2O2. The molecule has 1 aromatic rings. The van der Waals surface area contributed by atoms with E-state index in [4.69, 9.17) is 28.0 Å². The monoisotopic (exact) mass is 288 g/mol. The maximum Gasteiger partial charge on any atom is 0.333 e. The highest BCUT2D eigenvalue weighted by Crippen LogP contribution is 2.24. The third kappa shape index (κ3) is 5.40. The van der Waals surface area contributed by atoms with E-state index in [-0.39, 0.29) is 12.4 Å². The summed E-state index contributed by atoms with van der Waals surface area (Å²) in [6.07, 6.45) is 1.99. The van der Waals surface area contributed by atoms with Crippen molar-refractivity contribution < 1.29 is 9.63 Å². The van der Waals surface area contributed by atoms with Gasteiger partial charge in [0.1, 0.15) is 0 Å². The maximum atomic E-state index is 11.3. The molecule has 0 aliphatic heterocycles. The van der Waals surface area contributed by atoms with Gasteiger partial charge in [-0.25, -0.2) is 10.3 Å². The van der Waals surface area contributed by atoms with Gasteiger partial charge in [0.2, 0.25) is 0 Å². The molecule has 0 aliphatic carbocycles. The van der Waals surface area contributed by atoms with Crippen molar-refractivity contribution in [1.82, 2.24) is 5.32 Å². The van der Waals surface area contributed by atoms with Crippen LogP contribution in [0, 0.1) is 0 Å². The highest BCUT2D eigenvalue weighted by Gasteiger charge is 2.04. The average molecular weight is 289 g/mol. The van der Waals surface area contributed by atoms with Crippen LogP contribution >= 0.6 is 23.2 Å². The summed E-state index contributed by atoms with van der Waals surface area (Å²) in [5.41, 5.74) is 3.08. The maximum absolute atomic E-state index is 11.3. The van der Waals surface area contributed by atoms with Gasteiger partial charge in [-0.1, -0.05) is 29.3 Å². The molecule has 0 spiro atoms. The number of hydrogen-bond acceptors (Lipinski definition) is 4. The van der Waals surface area contributed by atoms with Crippen molar-refractivity contribution in [2.45, 2.75) is 6.42 Å². The smallest absolute Gasteiger partial charge is 0.333 e. The number of anilines is 1. The molecule has 6 heteroatoms. The van der Waals surface area contributed by atoms with Gasteiger partial charge >= 0.3 is 5.97 Å². The second kappa shape index (κ2) is 7.97. The molecule has 98 valence electrons. The number of nitrogens with one attached hydrogen (secondary N) is 2. The second-order valence-corrected chi connectivity index (χ2v) is 4.26.